The molecule has 1 aromatic carbocycles. The summed E-state index contributed by atoms with van der Waals surface area (Å²) in [7, 11) is 0. The van der Waals surface area contributed by atoms with Gasteiger partial charge in [-0.2, -0.15) is 0 Å². The molecule has 1 aromatic rings. The minimum atomic E-state index is -0.0633. The van der Waals surface area contributed by atoms with Crippen LogP contribution in [-0.4, -0.2) is 29.0 Å². The van der Waals surface area contributed by atoms with Gasteiger partial charge in [0.05, 0.1) is 5.56 Å². The van der Waals surface area contributed by atoms with Crippen LogP contribution in [0.3, 0.4) is 0 Å². The van der Waals surface area contributed by atoms with Crippen LogP contribution in [0.2, 0.25) is 0 Å². The minimum absolute atomic E-state index is 0.0633. The molecule has 0 spiro atoms. The fourth-order valence-corrected chi connectivity index (χ4v) is 2.63. The summed E-state index contributed by atoms with van der Waals surface area (Å²) in [6.07, 6.45) is 1.02. The van der Waals surface area contributed by atoms with Gasteiger partial charge in [0.25, 0.3) is 5.91 Å². The van der Waals surface area contributed by atoms with E-state index in [-0.39, 0.29) is 17.1 Å². The number of phenols is 1. The Morgan fingerprint density at radius 3 is 2.76 bits per heavy atom. The van der Waals surface area contributed by atoms with Crippen LogP contribution >= 0.6 is 22.6 Å². The van der Waals surface area contributed by atoms with Crippen molar-refractivity contribution in [3.8, 4) is 5.75 Å². The summed E-state index contributed by atoms with van der Waals surface area (Å²) in [5, 5.41) is 9.74. The highest BCUT2D eigenvalue weighted by atomic mass is 127. The SMILES string of the molecule is CC1(C)CCN(C(=O)c2cc(I)ccc2O)C1. The van der Waals surface area contributed by atoms with Gasteiger partial charge in [-0.15, -0.1) is 0 Å². The summed E-state index contributed by atoms with van der Waals surface area (Å²) < 4.78 is 0.960. The number of carbonyl (C=O) groups excluding carboxylic acids is 1. The molecule has 1 saturated heterocycles. The molecule has 92 valence electrons. The van der Waals surface area contributed by atoms with Gasteiger partial charge in [0.15, 0.2) is 0 Å². The van der Waals surface area contributed by atoms with Gasteiger partial charge < -0.3 is 10.0 Å². The third-order valence-electron chi connectivity index (χ3n) is 3.15. The van der Waals surface area contributed by atoms with E-state index in [1.54, 1.807) is 18.2 Å². The van der Waals surface area contributed by atoms with Gasteiger partial charge in [0.1, 0.15) is 5.75 Å². The van der Waals surface area contributed by atoms with Crippen molar-refractivity contribution >= 4 is 28.5 Å². The lowest BCUT2D eigenvalue weighted by Crippen LogP contribution is -2.30. The van der Waals surface area contributed by atoms with E-state index in [2.05, 4.69) is 36.4 Å². The molecule has 1 N–H and O–H groups in total. The van der Waals surface area contributed by atoms with Crippen molar-refractivity contribution < 1.29 is 9.90 Å². The van der Waals surface area contributed by atoms with Crippen molar-refractivity contribution in [3.63, 3.8) is 0 Å². The zero-order valence-electron chi connectivity index (χ0n) is 10.0. The summed E-state index contributed by atoms with van der Waals surface area (Å²) >= 11 is 2.14. The Balaban J connectivity index is 2.23. The molecule has 1 heterocycles. The van der Waals surface area contributed by atoms with Gasteiger partial charge in [-0.05, 0) is 52.6 Å². The first kappa shape index (κ1) is 12.7. The second kappa shape index (κ2) is 4.48. The lowest BCUT2D eigenvalue weighted by atomic mass is 9.93. The molecule has 1 fully saturated rings. The van der Waals surface area contributed by atoms with Gasteiger partial charge in [-0.1, -0.05) is 13.8 Å². The summed E-state index contributed by atoms with van der Waals surface area (Å²) in [5.41, 5.74) is 0.599. The Bertz CT molecular complexity index is 457. The second-order valence-corrected chi connectivity index (χ2v) is 6.55. The van der Waals surface area contributed by atoms with Crippen LogP contribution in [-0.2, 0) is 0 Å². The van der Waals surface area contributed by atoms with E-state index in [1.165, 1.54) is 0 Å². The van der Waals surface area contributed by atoms with Gasteiger partial charge >= 0.3 is 0 Å². The van der Waals surface area contributed by atoms with E-state index in [0.717, 1.165) is 23.1 Å². The molecule has 0 bridgehead atoms. The average Bonchev–Trinajstić information content (AvgIpc) is 2.61. The number of phenolic OH excluding ortho intramolecular Hbond substituents is 1. The maximum Gasteiger partial charge on any atom is 0.257 e. The molecule has 1 amide bonds. The number of hydrogen-bond acceptors (Lipinski definition) is 2. The van der Waals surface area contributed by atoms with Crippen molar-refractivity contribution in [3.05, 3.63) is 27.3 Å². The smallest absolute Gasteiger partial charge is 0.257 e. The molecule has 0 atom stereocenters. The molecule has 3 nitrogen and oxygen atoms in total. The van der Waals surface area contributed by atoms with E-state index >= 15 is 0 Å². The first-order valence-corrected chi connectivity index (χ1v) is 6.75. The lowest BCUT2D eigenvalue weighted by molar-refractivity contribution is 0.0775. The first-order valence-electron chi connectivity index (χ1n) is 5.67. The number of aromatic hydroxyl groups is 1. The van der Waals surface area contributed by atoms with E-state index in [0.29, 0.717) is 5.56 Å². The third kappa shape index (κ3) is 2.73. The summed E-state index contributed by atoms with van der Waals surface area (Å²) in [6.45, 7) is 5.86. The third-order valence-corrected chi connectivity index (χ3v) is 3.82. The molecule has 1 aliphatic rings. The largest absolute Gasteiger partial charge is 0.507 e. The van der Waals surface area contributed by atoms with E-state index in [1.807, 2.05) is 4.90 Å². The fraction of sp³-hybridized carbons (Fsp3) is 0.462. The van der Waals surface area contributed by atoms with E-state index < -0.39 is 0 Å². The Labute approximate surface area is 115 Å². The van der Waals surface area contributed by atoms with Gasteiger partial charge in [0.2, 0.25) is 0 Å². The van der Waals surface area contributed by atoms with Crippen LogP contribution < -0.4 is 0 Å². The van der Waals surface area contributed by atoms with Gasteiger partial charge in [-0.25, -0.2) is 0 Å². The molecule has 1 aliphatic heterocycles. The zero-order valence-corrected chi connectivity index (χ0v) is 12.2. The van der Waals surface area contributed by atoms with Crippen LogP contribution in [0, 0.1) is 8.99 Å². The van der Waals surface area contributed by atoms with Gasteiger partial charge in [0, 0.05) is 16.7 Å². The Kier molecular flexibility index (Phi) is 3.34. The second-order valence-electron chi connectivity index (χ2n) is 5.30. The number of likely N-dealkylation sites (tertiary alicyclic amines) is 1. The summed E-state index contributed by atoms with van der Waals surface area (Å²) in [6, 6.07) is 5.11. The molecular formula is C13H16INO2. The number of carbonyl (C=O) groups is 1. The van der Waals surface area contributed by atoms with Crippen molar-refractivity contribution in [1.82, 2.24) is 4.90 Å². The van der Waals surface area contributed by atoms with E-state index in [9.17, 15) is 9.90 Å². The van der Waals surface area contributed by atoms with Crippen molar-refractivity contribution in [2.75, 3.05) is 13.1 Å². The Morgan fingerprint density at radius 1 is 1.47 bits per heavy atom. The zero-order chi connectivity index (χ0) is 12.6. The van der Waals surface area contributed by atoms with Crippen LogP contribution in [0.4, 0.5) is 0 Å². The van der Waals surface area contributed by atoms with Gasteiger partial charge in [-0.3, -0.25) is 4.79 Å². The fourth-order valence-electron chi connectivity index (χ4n) is 2.14. The summed E-state index contributed by atoms with van der Waals surface area (Å²) in [4.78, 5) is 14.1. The number of hydrogen-bond donors (Lipinski definition) is 1. The topological polar surface area (TPSA) is 40.5 Å². The number of rotatable bonds is 1. The normalized spacial score (nSPS) is 18.4. The highest BCUT2D eigenvalue weighted by Crippen LogP contribution is 2.31. The van der Waals surface area contributed by atoms with Crippen LogP contribution in [0.25, 0.3) is 0 Å². The predicted molar refractivity (Wildman–Crippen MR) is 75.1 cm³/mol. The van der Waals surface area contributed by atoms with Crippen LogP contribution in [0.15, 0.2) is 18.2 Å². The molecule has 0 radical (unpaired) electrons. The van der Waals surface area contributed by atoms with Crippen molar-refractivity contribution in [2.24, 2.45) is 5.41 Å². The maximum atomic E-state index is 12.3. The standard InChI is InChI=1S/C13H16INO2/c1-13(2)5-6-15(8-13)12(17)10-7-9(14)3-4-11(10)16/h3-4,7,16H,5-6,8H2,1-2H3. The molecule has 17 heavy (non-hydrogen) atoms. The molecule has 0 unspecified atom stereocenters. The Morgan fingerprint density at radius 2 is 2.18 bits per heavy atom. The number of nitrogens with zero attached hydrogens (tertiary/aromatic N) is 1. The molecule has 0 saturated carbocycles. The average molecular weight is 345 g/mol. The van der Waals surface area contributed by atoms with Crippen molar-refractivity contribution in [1.29, 1.82) is 0 Å². The molecule has 2 rings (SSSR count). The number of halogens is 1. The highest BCUT2D eigenvalue weighted by molar-refractivity contribution is 14.1. The Hall–Kier alpha value is -0.780. The number of amides is 1. The monoisotopic (exact) mass is 345 g/mol. The highest BCUT2D eigenvalue weighted by Gasteiger charge is 2.33. The first-order chi connectivity index (χ1) is 7.89. The maximum absolute atomic E-state index is 12.3. The minimum Gasteiger partial charge on any atom is -0.507 e. The molecule has 4 heteroatoms. The predicted octanol–water partition coefficient (Wildman–Crippen LogP) is 2.87. The quantitative estimate of drug-likeness (QED) is 0.796. The lowest BCUT2D eigenvalue weighted by Gasteiger charge is -2.20. The summed E-state index contributed by atoms with van der Waals surface area (Å²) in [5.74, 6) is 0.00622. The van der Waals surface area contributed by atoms with Crippen LogP contribution in [0.1, 0.15) is 30.6 Å². The van der Waals surface area contributed by atoms with E-state index in [4.69, 9.17) is 0 Å². The molecule has 0 aromatic heterocycles. The number of benzene rings is 1. The molecule has 0 aliphatic carbocycles. The molecular weight excluding hydrogens is 329 g/mol. The van der Waals surface area contributed by atoms with Crippen LogP contribution in [0.5, 0.6) is 5.75 Å². The van der Waals surface area contributed by atoms with Crippen molar-refractivity contribution in [2.45, 2.75) is 20.3 Å².